The molecule has 2 saturated heterocycles. The van der Waals surface area contributed by atoms with Crippen molar-refractivity contribution in [3.63, 3.8) is 0 Å². The second-order valence-electron chi connectivity index (χ2n) is 11.1. The van der Waals surface area contributed by atoms with E-state index in [1.807, 2.05) is 53.4 Å². The summed E-state index contributed by atoms with van der Waals surface area (Å²) >= 11 is 0. The number of carbonyl (C=O) groups excluding carboxylic acids is 1. The summed E-state index contributed by atoms with van der Waals surface area (Å²) in [7, 11) is 0. The number of morpholine rings is 1. The molecule has 44 heavy (non-hydrogen) atoms. The molecule has 2 fully saturated rings. The molecule has 0 aliphatic carbocycles. The Morgan fingerprint density at radius 3 is 2.45 bits per heavy atom. The second-order valence-corrected chi connectivity index (χ2v) is 11.1. The maximum atomic E-state index is 15.2. The van der Waals surface area contributed by atoms with E-state index in [0.717, 1.165) is 29.9 Å². The molecule has 8 nitrogen and oxygen atoms in total. The summed E-state index contributed by atoms with van der Waals surface area (Å²) in [5, 5.41) is 6.67. The van der Waals surface area contributed by atoms with Crippen LogP contribution >= 0.6 is 0 Å². The zero-order chi connectivity index (χ0) is 30.3. The molecule has 2 aliphatic rings. The zero-order valence-corrected chi connectivity index (χ0v) is 24.8. The summed E-state index contributed by atoms with van der Waals surface area (Å²) in [4.78, 5) is 26.0. The fraction of sp³-hybridized carbons (Fsp3) is 0.286. The van der Waals surface area contributed by atoms with E-state index in [-0.39, 0.29) is 18.0 Å². The third kappa shape index (κ3) is 7.23. The van der Waals surface area contributed by atoms with E-state index in [9.17, 15) is 4.79 Å². The minimum absolute atomic E-state index is 0.0503. The third-order valence-electron chi connectivity index (χ3n) is 7.95. The van der Waals surface area contributed by atoms with E-state index in [2.05, 4.69) is 34.2 Å². The van der Waals surface area contributed by atoms with Gasteiger partial charge in [0.1, 0.15) is 11.6 Å². The summed E-state index contributed by atoms with van der Waals surface area (Å²) in [6, 6.07) is 23.0. The lowest BCUT2D eigenvalue weighted by molar-refractivity contribution is -0.114. The van der Waals surface area contributed by atoms with Crippen molar-refractivity contribution in [2.24, 2.45) is 0 Å². The van der Waals surface area contributed by atoms with Gasteiger partial charge in [-0.25, -0.2) is 9.37 Å². The Balaban J connectivity index is 1.31. The van der Waals surface area contributed by atoms with Crippen molar-refractivity contribution in [2.75, 3.05) is 59.8 Å². The number of allylic oxidation sites excluding steroid dienone is 1. The second kappa shape index (κ2) is 13.7. The molecule has 0 atom stereocenters. The number of halogens is 1. The Hall–Kier alpha value is -4.76. The predicted octanol–water partition coefficient (Wildman–Crippen LogP) is 6.89. The number of hydrogen-bond donors (Lipinski definition) is 2. The summed E-state index contributed by atoms with van der Waals surface area (Å²) in [6.45, 7) is 8.18. The van der Waals surface area contributed by atoms with Crippen molar-refractivity contribution in [2.45, 2.75) is 25.7 Å². The van der Waals surface area contributed by atoms with E-state index < -0.39 is 0 Å². The highest BCUT2D eigenvalue weighted by Gasteiger charge is 2.17. The Kier molecular flexibility index (Phi) is 9.12. The van der Waals surface area contributed by atoms with Crippen LogP contribution in [0.15, 0.2) is 85.5 Å². The molecule has 0 radical (unpaired) electrons. The van der Waals surface area contributed by atoms with E-state index in [4.69, 9.17) is 14.7 Å². The van der Waals surface area contributed by atoms with Crippen LogP contribution in [0.4, 0.5) is 38.9 Å². The van der Waals surface area contributed by atoms with Crippen molar-refractivity contribution >= 4 is 40.3 Å². The highest BCUT2D eigenvalue weighted by molar-refractivity contribution is 5.91. The minimum Gasteiger partial charge on any atom is -0.378 e. The average Bonchev–Trinajstić information content (AvgIpc) is 3.06. The highest BCUT2D eigenvalue weighted by atomic mass is 19.1. The van der Waals surface area contributed by atoms with Crippen LogP contribution in [0.2, 0.25) is 0 Å². The van der Waals surface area contributed by atoms with Gasteiger partial charge in [0, 0.05) is 61.3 Å². The number of anilines is 6. The molecule has 3 aromatic carbocycles. The molecule has 3 heterocycles. The molecule has 4 aromatic rings. The van der Waals surface area contributed by atoms with Crippen LogP contribution in [-0.4, -0.2) is 55.1 Å². The van der Waals surface area contributed by atoms with E-state index in [1.165, 1.54) is 37.1 Å². The van der Waals surface area contributed by atoms with Gasteiger partial charge in [-0.2, -0.15) is 4.98 Å². The van der Waals surface area contributed by atoms with Crippen molar-refractivity contribution in [3.8, 4) is 11.3 Å². The summed E-state index contributed by atoms with van der Waals surface area (Å²) in [6.07, 6.45) is 5.26. The van der Waals surface area contributed by atoms with Gasteiger partial charge >= 0.3 is 0 Å². The monoisotopic (exact) mass is 592 g/mol. The third-order valence-corrected chi connectivity index (χ3v) is 7.95. The lowest BCUT2D eigenvalue weighted by atomic mass is 10.0. The maximum absolute atomic E-state index is 15.2. The fourth-order valence-electron chi connectivity index (χ4n) is 5.68. The number of nitrogens with one attached hydrogen (secondary N) is 2. The van der Waals surface area contributed by atoms with Gasteiger partial charge in [0.05, 0.1) is 24.6 Å². The van der Waals surface area contributed by atoms with Gasteiger partial charge in [-0.15, -0.1) is 0 Å². The van der Waals surface area contributed by atoms with Crippen LogP contribution in [0.25, 0.3) is 11.3 Å². The molecular formula is C35H37FN6O2. The van der Waals surface area contributed by atoms with Crippen LogP contribution in [0.1, 0.15) is 24.8 Å². The van der Waals surface area contributed by atoms with E-state index in [0.29, 0.717) is 55.1 Å². The van der Waals surface area contributed by atoms with Gasteiger partial charge in [-0.05, 0) is 73.4 Å². The number of nitrogens with zero attached hydrogens (tertiary/aromatic N) is 4. The van der Waals surface area contributed by atoms with Crippen LogP contribution in [0.3, 0.4) is 0 Å². The molecule has 2 aliphatic heterocycles. The Bertz CT molecular complexity index is 1630. The quantitative estimate of drug-likeness (QED) is 0.193. The molecule has 0 bridgehead atoms. The van der Waals surface area contributed by atoms with Crippen molar-refractivity contribution in [3.05, 3.63) is 96.8 Å². The first-order valence-electron chi connectivity index (χ1n) is 15.2. The van der Waals surface area contributed by atoms with Crippen LogP contribution in [0, 0.1) is 5.82 Å². The predicted molar refractivity (Wildman–Crippen MR) is 175 cm³/mol. The molecular weight excluding hydrogens is 555 g/mol. The summed E-state index contributed by atoms with van der Waals surface area (Å²) < 4.78 is 20.6. The van der Waals surface area contributed by atoms with Gasteiger partial charge in [0.15, 0.2) is 5.78 Å². The number of piperidine rings is 1. The number of carbonyl (C=O) groups is 1. The van der Waals surface area contributed by atoms with E-state index in [1.54, 1.807) is 6.07 Å². The minimum atomic E-state index is -0.307. The molecule has 0 unspecified atom stereocenters. The standard InChI is InChI=1S/C35H37FN6O2/c1-2-30(43)21-25-8-6-9-26(20-25)32-24-34(37-28-12-13-33(31(36)23-28)42-16-18-44-19-17-42)40-35(39-32)38-27-10-7-11-29(22-27)41-14-4-3-5-15-41/h2,6-13,20,22-24H,1,3-5,14-19,21H2,(H2,37,38,39,40). The van der Waals surface area contributed by atoms with Crippen molar-refractivity contribution in [1.82, 2.24) is 9.97 Å². The number of ketones is 1. The molecule has 1 aromatic heterocycles. The van der Waals surface area contributed by atoms with Crippen molar-refractivity contribution < 1.29 is 13.9 Å². The Labute approximate surface area is 257 Å². The average molecular weight is 593 g/mol. The fourth-order valence-corrected chi connectivity index (χ4v) is 5.68. The van der Waals surface area contributed by atoms with E-state index >= 15 is 4.39 Å². The van der Waals surface area contributed by atoms with Gasteiger partial charge in [0.2, 0.25) is 5.95 Å². The van der Waals surface area contributed by atoms with Crippen LogP contribution in [-0.2, 0) is 16.0 Å². The Morgan fingerprint density at radius 1 is 0.864 bits per heavy atom. The van der Waals surface area contributed by atoms with Crippen LogP contribution in [0.5, 0.6) is 0 Å². The smallest absolute Gasteiger partial charge is 0.229 e. The number of rotatable bonds is 10. The molecule has 226 valence electrons. The summed E-state index contributed by atoms with van der Waals surface area (Å²) in [5.74, 6) is 0.555. The highest BCUT2D eigenvalue weighted by Crippen LogP contribution is 2.30. The number of hydrogen-bond acceptors (Lipinski definition) is 8. The topological polar surface area (TPSA) is 82.6 Å². The Morgan fingerprint density at radius 2 is 1.66 bits per heavy atom. The van der Waals surface area contributed by atoms with Gasteiger partial charge in [0.25, 0.3) is 0 Å². The molecule has 2 N–H and O–H groups in total. The number of benzene rings is 3. The normalized spacial score (nSPS) is 15.1. The number of ether oxygens (including phenoxy) is 1. The van der Waals surface area contributed by atoms with Gasteiger partial charge < -0.3 is 25.2 Å². The molecule has 0 spiro atoms. The molecule has 0 amide bonds. The van der Waals surface area contributed by atoms with Crippen LogP contribution < -0.4 is 20.4 Å². The maximum Gasteiger partial charge on any atom is 0.229 e. The molecule has 9 heteroatoms. The molecule has 0 saturated carbocycles. The lowest BCUT2D eigenvalue weighted by Gasteiger charge is -2.29. The first kappa shape index (κ1) is 29.3. The first-order valence-corrected chi connectivity index (χ1v) is 15.2. The zero-order valence-electron chi connectivity index (χ0n) is 24.8. The summed E-state index contributed by atoms with van der Waals surface area (Å²) in [5.41, 5.74) is 5.54. The molecule has 6 rings (SSSR count). The lowest BCUT2D eigenvalue weighted by Crippen LogP contribution is -2.36. The van der Waals surface area contributed by atoms with Crippen molar-refractivity contribution in [1.29, 1.82) is 0 Å². The largest absolute Gasteiger partial charge is 0.378 e. The first-order chi connectivity index (χ1) is 21.5. The van der Waals surface area contributed by atoms with Gasteiger partial charge in [-0.1, -0.05) is 30.8 Å². The SMILES string of the molecule is C=CC(=O)Cc1cccc(-c2cc(Nc3ccc(N4CCOCC4)c(F)c3)nc(Nc3cccc(N4CCCCC4)c3)n2)c1. The number of aromatic nitrogens is 2. The van der Waals surface area contributed by atoms with Gasteiger partial charge in [-0.3, -0.25) is 4.79 Å².